The van der Waals surface area contributed by atoms with E-state index in [1.54, 1.807) is 0 Å². The van der Waals surface area contributed by atoms with E-state index in [0.29, 0.717) is 25.4 Å². The van der Waals surface area contributed by atoms with Crippen LogP contribution in [0.2, 0.25) is 0 Å². The van der Waals surface area contributed by atoms with E-state index in [2.05, 4.69) is 5.92 Å². The first-order valence-electron chi connectivity index (χ1n) is 6.24. The Morgan fingerprint density at radius 2 is 2.12 bits per heavy atom. The SMILES string of the molecule is C#CCCCC[C@@H]1OC[C@H](C(C)C)CS1(=O)=O. The largest absolute Gasteiger partial charge is 0.362 e. The lowest BCUT2D eigenvalue weighted by Gasteiger charge is -2.31. The van der Waals surface area contributed by atoms with E-state index in [9.17, 15) is 8.42 Å². The van der Waals surface area contributed by atoms with Crippen LogP contribution in [0.25, 0.3) is 0 Å². The van der Waals surface area contributed by atoms with Crippen LogP contribution < -0.4 is 0 Å². The van der Waals surface area contributed by atoms with Gasteiger partial charge >= 0.3 is 0 Å². The molecule has 98 valence electrons. The molecule has 0 bridgehead atoms. The predicted octanol–water partition coefficient (Wildman–Crippen LogP) is 2.22. The zero-order valence-corrected chi connectivity index (χ0v) is 11.5. The molecule has 0 spiro atoms. The van der Waals surface area contributed by atoms with Crippen LogP contribution in [-0.2, 0) is 14.6 Å². The molecule has 0 N–H and O–H groups in total. The molecule has 0 aliphatic carbocycles. The van der Waals surface area contributed by atoms with Gasteiger partial charge in [-0.05, 0) is 31.1 Å². The Morgan fingerprint density at radius 3 is 2.65 bits per heavy atom. The number of hydrogen-bond acceptors (Lipinski definition) is 3. The predicted molar refractivity (Wildman–Crippen MR) is 69.2 cm³/mol. The van der Waals surface area contributed by atoms with Gasteiger partial charge in [0.1, 0.15) is 0 Å². The summed E-state index contributed by atoms with van der Waals surface area (Å²) < 4.78 is 29.5. The summed E-state index contributed by atoms with van der Waals surface area (Å²) in [5.74, 6) is 3.32. The second-order valence-electron chi connectivity index (χ2n) is 5.05. The molecule has 1 aliphatic rings. The van der Waals surface area contributed by atoms with E-state index in [0.717, 1.165) is 12.8 Å². The van der Waals surface area contributed by atoms with Crippen LogP contribution in [-0.4, -0.2) is 26.2 Å². The normalized spacial score (nSPS) is 27.9. The molecule has 2 atom stereocenters. The molecule has 0 amide bonds. The smallest absolute Gasteiger partial charge is 0.177 e. The zero-order valence-electron chi connectivity index (χ0n) is 10.7. The molecule has 0 aromatic carbocycles. The molecule has 1 saturated heterocycles. The number of rotatable bonds is 5. The molecule has 1 fully saturated rings. The number of unbranched alkanes of at least 4 members (excludes halogenated alkanes) is 2. The zero-order chi connectivity index (χ0) is 12.9. The van der Waals surface area contributed by atoms with Crippen LogP contribution in [0.1, 0.15) is 39.5 Å². The summed E-state index contributed by atoms with van der Waals surface area (Å²) in [6.07, 6.45) is 8.14. The summed E-state index contributed by atoms with van der Waals surface area (Å²) in [6, 6.07) is 0. The monoisotopic (exact) mass is 258 g/mol. The Kier molecular flexibility index (Phi) is 5.48. The van der Waals surface area contributed by atoms with Crippen LogP contribution in [0.3, 0.4) is 0 Å². The molecule has 17 heavy (non-hydrogen) atoms. The van der Waals surface area contributed by atoms with Crippen LogP contribution in [0, 0.1) is 24.2 Å². The highest BCUT2D eigenvalue weighted by atomic mass is 32.2. The Labute approximate surface area is 105 Å². The van der Waals surface area contributed by atoms with E-state index in [1.165, 1.54) is 0 Å². The van der Waals surface area contributed by atoms with Crippen molar-refractivity contribution in [3.63, 3.8) is 0 Å². The van der Waals surface area contributed by atoms with Gasteiger partial charge in [-0.3, -0.25) is 0 Å². The van der Waals surface area contributed by atoms with Gasteiger partial charge in [0.2, 0.25) is 0 Å². The number of hydrogen-bond donors (Lipinski definition) is 0. The quantitative estimate of drug-likeness (QED) is 0.561. The summed E-state index contributed by atoms with van der Waals surface area (Å²) in [5.41, 5.74) is -0.602. The van der Waals surface area contributed by atoms with E-state index >= 15 is 0 Å². The van der Waals surface area contributed by atoms with Crippen molar-refractivity contribution in [2.24, 2.45) is 11.8 Å². The number of terminal acetylenes is 1. The minimum atomic E-state index is -3.08. The Bertz CT molecular complexity index is 365. The Morgan fingerprint density at radius 1 is 1.41 bits per heavy atom. The minimum Gasteiger partial charge on any atom is -0.362 e. The molecular weight excluding hydrogens is 236 g/mol. The average Bonchev–Trinajstić information content (AvgIpc) is 2.25. The first-order valence-corrected chi connectivity index (χ1v) is 7.95. The van der Waals surface area contributed by atoms with Gasteiger partial charge in [-0.15, -0.1) is 12.3 Å². The second-order valence-corrected chi connectivity index (χ2v) is 7.23. The van der Waals surface area contributed by atoms with Gasteiger partial charge in [0.05, 0.1) is 12.4 Å². The molecule has 0 saturated carbocycles. The van der Waals surface area contributed by atoms with Gasteiger partial charge < -0.3 is 4.74 Å². The Hall–Kier alpha value is -0.530. The van der Waals surface area contributed by atoms with Crippen LogP contribution >= 0.6 is 0 Å². The molecule has 1 heterocycles. The lowest BCUT2D eigenvalue weighted by molar-refractivity contribution is 0.0484. The molecule has 0 unspecified atom stereocenters. The van der Waals surface area contributed by atoms with Crippen molar-refractivity contribution in [3.05, 3.63) is 0 Å². The van der Waals surface area contributed by atoms with E-state index in [4.69, 9.17) is 11.2 Å². The molecule has 1 rings (SSSR count). The van der Waals surface area contributed by atoms with Crippen molar-refractivity contribution in [1.29, 1.82) is 0 Å². The highest BCUT2D eigenvalue weighted by Gasteiger charge is 2.35. The fraction of sp³-hybridized carbons (Fsp3) is 0.846. The Balaban J connectivity index is 2.46. The summed E-state index contributed by atoms with van der Waals surface area (Å²) in [7, 11) is -3.08. The number of sulfone groups is 1. The lowest BCUT2D eigenvalue weighted by Crippen LogP contribution is -2.40. The molecule has 0 aromatic heterocycles. The molecule has 0 aromatic rings. The molecular formula is C13H22O3S. The van der Waals surface area contributed by atoms with Gasteiger partial charge in [-0.1, -0.05) is 13.8 Å². The maximum atomic E-state index is 12.0. The van der Waals surface area contributed by atoms with Crippen molar-refractivity contribution >= 4 is 9.84 Å². The first-order chi connectivity index (χ1) is 7.97. The summed E-state index contributed by atoms with van der Waals surface area (Å²) in [6.45, 7) is 4.64. The minimum absolute atomic E-state index is 0.141. The third-order valence-corrected chi connectivity index (χ3v) is 5.36. The van der Waals surface area contributed by atoms with E-state index in [-0.39, 0.29) is 11.7 Å². The fourth-order valence-corrected chi connectivity index (χ4v) is 4.08. The fourth-order valence-electron chi connectivity index (χ4n) is 1.97. The molecule has 0 radical (unpaired) electrons. The van der Waals surface area contributed by atoms with Crippen molar-refractivity contribution in [1.82, 2.24) is 0 Å². The number of ether oxygens (including phenoxy) is 1. The first kappa shape index (κ1) is 14.5. The van der Waals surface area contributed by atoms with Gasteiger partial charge in [0, 0.05) is 6.42 Å². The third kappa shape index (κ3) is 4.33. The third-order valence-electron chi connectivity index (χ3n) is 3.30. The van der Waals surface area contributed by atoms with Crippen LogP contribution in [0.5, 0.6) is 0 Å². The van der Waals surface area contributed by atoms with Gasteiger partial charge in [-0.25, -0.2) is 8.42 Å². The molecule has 3 nitrogen and oxygen atoms in total. The summed E-state index contributed by atoms with van der Waals surface area (Å²) >= 11 is 0. The van der Waals surface area contributed by atoms with Crippen molar-refractivity contribution in [2.45, 2.75) is 45.0 Å². The summed E-state index contributed by atoms with van der Waals surface area (Å²) in [4.78, 5) is 0. The highest BCUT2D eigenvalue weighted by Crippen LogP contribution is 2.26. The second kappa shape index (κ2) is 6.42. The van der Waals surface area contributed by atoms with Crippen LogP contribution in [0.4, 0.5) is 0 Å². The lowest BCUT2D eigenvalue weighted by atomic mass is 9.99. The van der Waals surface area contributed by atoms with E-state index in [1.807, 2.05) is 13.8 Å². The summed E-state index contributed by atoms with van der Waals surface area (Å²) in [5, 5.41) is 0. The van der Waals surface area contributed by atoms with Crippen molar-refractivity contribution in [2.75, 3.05) is 12.4 Å². The van der Waals surface area contributed by atoms with Gasteiger partial charge in [0.25, 0.3) is 0 Å². The maximum Gasteiger partial charge on any atom is 0.177 e. The topological polar surface area (TPSA) is 43.4 Å². The standard InChI is InChI=1S/C13H22O3S/c1-4-5-6-7-8-13-16-9-12(11(2)3)10-17(13,14)15/h1,11-13H,5-10H2,2-3H3/t12-,13+/m0/s1. The molecule has 4 heteroatoms. The van der Waals surface area contributed by atoms with Crippen molar-refractivity contribution < 1.29 is 13.2 Å². The van der Waals surface area contributed by atoms with Gasteiger partial charge in [0.15, 0.2) is 15.3 Å². The highest BCUT2D eigenvalue weighted by molar-refractivity contribution is 7.91. The molecule has 1 aliphatic heterocycles. The van der Waals surface area contributed by atoms with Crippen LogP contribution in [0.15, 0.2) is 0 Å². The van der Waals surface area contributed by atoms with E-state index < -0.39 is 15.3 Å². The average molecular weight is 258 g/mol. The van der Waals surface area contributed by atoms with Gasteiger partial charge in [-0.2, -0.15) is 0 Å². The van der Waals surface area contributed by atoms with Crippen molar-refractivity contribution in [3.8, 4) is 12.3 Å². The maximum absolute atomic E-state index is 12.0.